The molecule has 1 saturated heterocycles. The first kappa shape index (κ1) is 55.9. The van der Waals surface area contributed by atoms with Crippen LogP contribution in [-0.4, -0.2) is 91.6 Å². The van der Waals surface area contributed by atoms with E-state index >= 15 is 0 Å². The van der Waals surface area contributed by atoms with Gasteiger partial charge in [-0.25, -0.2) is 0 Å². The van der Waals surface area contributed by atoms with Gasteiger partial charge in [0.25, 0.3) is 0 Å². The van der Waals surface area contributed by atoms with Gasteiger partial charge in [0.1, 0.15) is 22.9 Å². The summed E-state index contributed by atoms with van der Waals surface area (Å²) in [5.41, 5.74) is 6.30. The number of anilines is 4. The molecule has 1 fully saturated rings. The van der Waals surface area contributed by atoms with Crippen LogP contribution in [0.15, 0.2) is 128 Å². The third kappa shape index (κ3) is 12.7. The highest BCUT2D eigenvalue weighted by molar-refractivity contribution is 6.35. The maximum absolute atomic E-state index is 13.6. The second kappa shape index (κ2) is 25.3. The zero-order valence-corrected chi connectivity index (χ0v) is 45.5. The number of benzene rings is 4. The number of nitro groups is 2. The van der Waals surface area contributed by atoms with Crippen LogP contribution in [0.5, 0.6) is 11.5 Å². The number of nitrogens with zero attached hydrogens (tertiary/aromatic N) is 8. The molecule has 410 valence electrons. The molecule has 4 aromatic heterocycles. The molecule has 0 bridgehead atoms. The van der Waals surface area contributed by atoms with E-state index in [1.165, 1.54) is 12.4 Å². The van der Waals surface area contributed by atoms with Crippen molar-refractivity contribution in [2.45, 2.75) is 52.1 Å². The maximum atomic E-state index is 13.6. The van der Waals surface area contributed by atoms with E-state index < -0.39 is 9.85 Å². The van der Waals surface area contributed by atoms with Gasteiger partial charge in [-0.2, -0.15) is 0 Å². The molecule has 0 aliphatic carbocycles. The monoisotopic (exact) mass is 1120 g/mol. The number of aromatic nitrogens is 6. The highest BCUT2D eigenvalue weighted by Gasteiger charge is 2.30. The Morgan fingerprint density at radius 2 is 1.12 bits per heavy atom. The van der Waals surface area contributed by atoms with Crippen LogP contribution in [0.25, 0.3) is 5.57 Å². The smallest absolute Gasteiger partial charge is 0.334 e. The van der Waals surface area contributed by atoms with Crippen LogP contribution in [0, 0.1) is 34.1 Å². The van der Waals surface area contributed by atoms with Crippen LogP contribution in [-0.2, 0) is 22.6 Å². The van der Waals surface area contributed by atoms with Crippen molar-refractivity contribution in [3.8, 4) is 11.5 Å². The van der Waals surface area contributed by atoms with Crippen LogP contribution < -0.4 is 20.1 Å². The average Bonchev–Trinajstić information content (AvgIpc) is 3.96. The van der Waals surface area contributed by atoms with Crippen molar-refractivity contribution in [2.75, 3.05) is 51.3 Å². The van der Waals surface area contributed by atoms with Gasteiger partial charge in [-0.15, -0.1) is 10.2 Å². The number of pyridine rings is 2. The summed E-state index contributed by atoms with van der Waals surface area (Å²) in [6.45, 7) is 6.16. The molecular weight excluding hydrogens is 1070 g/mol. The van der Waals surface area contributed by atoms with Crippen LogP contribution >= 0.6 is 23.2 Å². The van der Waals surface area contributed by atoms with Gasteiger partial charge in [-0.05, 0) is 110 Å². The van der Waals surface area contributed by atoms with Gasteiger partial charge >= 0.3 is 11.4 Å². The Morgan fingerprint density at radius 1 is 0.650 bits per heavy atom. The normalized spacial score (nSPS) is 13.3. The molecular formula is C58H54Cl2N10O10. The van der Waals surface area contributed by atoms with Gasteiger partial charge in [0, 0.05) is 48.3 Å². The largest absolute Gasteiger partial charge is 0.497 e. The van der Waals surface area contributed by atoms with E-state index in [2.05, 4.69) is 30.8 Å². The number of nitrogens with one attached hydrogen (secondary N) is 2. The van der Waals surface area contributed by atoms with Gasteiger partial charge in [-0.3, -0.25) is 49.1 Å². The molecule has 22 heteroatoms. The minimum absolute atomic E-state index is 0.0160. The molecule has 2 N–H and O–H groups in total. The second-order valence-corrected chi connectivity index (χ2v) is 19.5. The van der Waals surface area contributed by atoms with Crippen LogP contribution in [0.2, 0.25) is 10.0 Å². The number of carbonyl (C=O) groups excluding carboxylic acids is 2. The van der Waals surface area contributed by atoms with E-state index in [9.17, 15) is 29.8 Å². The van der Waals surface area contributed by atoms with Gasteiger partial charge < -0.3 is 29.6 Å². The molecule has 10 rings (SSSR count). The molecule has 0 amide bonds. The van der Waals surface area contributed by atoms with Crippen molar-refractivity contribution in [2.24, 2.45) is 0 Å². The molecule has 0 atom stereocenters. The fraction of sp³-hybridized carbons (Fsp3) is 0.241. The maximum Gasteiger partial charge on any atom is 0.334 e. The quantitative estimate of drug-likeness (QED) is 0.0461. The summed E-state index contributed by atoms with van der Waals surface area (Å²) >= 11 is 12.7. The third-order valence-electron chi connectivity index (χ3n) is 13.7. The minimum Gasteiger partial charge on any atom is -0.497 e. The van der Waals surface area contributed by atoms with Crippen LogP contribution in [0.4, 0.5) is 34.4 Å². The van der Waals surface area contributed by atoms with Crippen LogP contribution in [0.3, 0.4) is 0 Å². The van der Waals surface area contributed by atoms with Crippen molar-refractivity contribution in [1.82, 2.24) is 29.5 Å². The van der Waals surface area contributed by atoms with E-state index in [0.717, 1.165) is 35.2 Å². The second-order valence-electron chi connectivity index (χ2n) is 18.7. The number of methoxy groups -OCH3 is 2. The highest BCUT2D eigenvalue weighted by atomic mass is 35.5. The molecule has 4 aromatic carbocycles. The highest BCUT2D eigenvalue weighted by Crippen LogP contribution is 2.37. The molecule has 2 aliphatic heterocycles. The van der Waals surface area contributed by atoms with E-state index in [0.29, 0.717) is 107 Å². The van der Waals surface area contributed by atoms with Crippen molar-refractivity contribution >= 4 is 74.7 Å². The predicted molar refractivity (Wildman–Crippen MR) is 302 cm³/mol. The Kier molecular flexibility index (Phi) is 17.7. The first-order chi connectivity index (χ1) is 38.7. The summed E-state index contributed by atoms with van der Waals surface area (Å²) in [6, 6.07) is 31.7. The van der Waals surface area contributed by atoms with Gasteiger partial charge in [0.05, 0.1) is 88.6 Å². The van der Waals surface area contributed by atoms with Crippen molar-refractivity contribution in [3.63, 3.8) is 0 Å². The van der Waals surface area contributed by atoms with E-state index in [4.69, 9.17) is 42.1 Å². The summed E-state index contributed by atoms with van der Waals surface area (Å²) in [5, 5.41) is 40.2. The summed E-state index contributed by atoms with van der Waals surface area (Å²) in [7, 11) is 3.17. The number of hydrogen-bond acceptors (Lipinski definition) is 16. The first-order valence-corrected chi connectivity index (χ1v) is 26.1. The lowest BCUT2D eigenvalue weighted by molar-refractivity contribution is -0.384. The van der Waals surface area contributed by atoms with E-state index in [1.54, 1.807) is 98.1 Å². The topological polar surface area (TPSA) is 243 Å². The molecule has 0 unspecified atom stereocenters. The summed E-state index contributed by atoms with van der Waals surface area (Å²) in [4.78, 5) is 59.7. The summed E-state index contributed by atoms with van der Waals surface area (Å²) in [6.07, 6.45) is 7.14. The lowest BCUT2D eigenvalue weighted by Gasteiger charge is -2.22. The average molecular weight is 1120 g/mol. The molecule has 8 aromatic rings. The molecule has 20 nitrogen and oxygen atoms in total. The van der Waals surface area contributed by atoms with Crippen molar-refractivity contribution in [1.29, 1.82) is 0 Å². The lowest BCUT2D eigenvalue weighted by atomic mass is 9.94. The molecule has 0 radical (unpaired) electrons. The number of hydrogen-bond donors (Lipinski definition) is 2. The number of ketones is 2. The van der Waals surface area contributed by atoms with Crippen molar-refractivity contribution in [3.05, 3.63) is 214 Å². The summed E-state index contributed by atoms with van der Waals surface area (Å²) < 4.78 is 24.5. The van der Waals surface area contributed by atoms with Gasteiger partial charge in [0.15, 0.2) is 11.6 Å². The lowest BCUT2D eigenvalue weighted by Crippen LogP contribution is -2.16. The SMILES string of the molecule is COc1ccc(Cn2nc(Nc3cc(C4=CCOCC4)ncc3C(=O)c3ccccc3Cl)c([N+](=O)[O-])c2C)cc1.COc1ccc(Cn2nc(Nc3cc(C4CCOCC4)ncc3C(=O)c3ccccc3Cl)c([N+](=O)[O-])c2C)cc1. The van der Waals surface area contributed by atoms with Gasteiger partial charge in [-0.1, -0.05) is 77.8 Å². The predicted octanol–water partition coefficient (Wildman–Crippen LogP) is 12.1. The Morgan fingerprint density at radius 3 is 1.57 bits per heavy atom. The standard InChI is InChI=1S/C29H28ClN5O5.C29H26ClN5O5/c2*1-18-27(35(37)38)29(33-34(18)17-19-7-9-21(39-2)10-8-19)32-26-15-25(20-11-13-40-14-12-20)31-16-23(26)28(36)22-5-3-4-6-24(22)30/h3-10,15-16,20H,11-14,17H2,1-2H3,(H,31,32,33);3-11,15-16H,12-14,17H2,1-2H3,(H,31,32,33). The fourth-order valence-electron chi connectivity index (χ4n) is 9.28. The third-order valence-corrected chi connectivity index (χ3v) is 14.4. The molecule has 2 aliphatic rings. The molecule has 80 heavy (non-hydrogen) atoms. The Hall–Kier alpha value is -8.82. The number of ether oxygens (including phenoxy) is 4. The summed E-state index contributed by atoms with van der Waals surface area (Å²) in [5.74, 6) is 0.890. The Labute approximate surface area is 469 Å². The fourth-order valence-corrected chi connectivity index (χ4v) is 9.72. The first-order valence-electron chi connectivity index (χ1n) is 25.4. The zero-order valence-electron chi connectivity index (χ0n) is 44.0. The number of halogens is 2. The zero-order chi connectivity index (χ0) is 56.5. The van der Waals surface area contributed by atoms with E-state index in [1.807, 2.05) is 54.6 Å². The number of carbonyl (C=O) groups is 2. The number of rotatable bonds is 18. The minimum atomic E-state index is -0.478. The van der Waals surface area contributed by atoms with Gasteiger partial charge in [0.2, 0.25) is 11.6 Å². The molecule has 0 spiro atoms. The molecule has 0 saturated carbocycles. The van der Waals surface area contributed by atoms with E-state index in [-0.39, 0.29) is 51.6 Å². The Balaban J connectivity index is 0.000000194. The Bertz CT molecular complexity index is 3630. The molecule has 6 heterocycles. The van der Waals surface area contributed by atoms with Crippen molar-refractivity contribution < 1.29 is 38.4 Å². The van der Waals surface area contributed by atoms with Crippen LogP contribution in [0.1, 0.15) is 90.9 Å².